The Morgan fingerprint density at radius 3 is 2.53 bits per heavy atom. The summed E-state index contributed by atoms with van der Waals surface area (Å²) in [5.41, 5.74) is 0. The first-order valence-corrected chi connectivity index (χ1v) is 6.24. The van der Waals surface area contributed by atoms with Crippen LogP contribution in [0.3, 0.4) is 0 Å². The van der Waals surface area contributed by atoms with Gasteiger partial charge in [0.2, 0.25) is 0 Å². The number of hydrogen-bond acceptors (Lipinski definition) is 5. The third kappa shape index (κ3) is 6.33. The number of hydrogen-bond donors (Lipinski definition) is 1. The molecule has 0 aromatic carbocycles. The van der Waals surface area contributed by atoms with Crippen LogP contribution in [0.1, 0.15) is 13.8 Å². The van der Waals surface area contributed by atoms with Crippen LogP contribution in [-0.2, 0) is 14.2 Å². The Balaban J connectivity index is 2.14. The zero-order chi connectivity index (χ0) is 12.7. The summed E-state index contributed by atoms with van der Waals surface area (Å²) in [7, 11) is 1.64. The second kappa shape index (κ2) is 8.00. The maximum atomic E-state index is 9.82. The van der Waals surface area contributed by atoms with Gasteiger partial charge in [-0.15, -0.1) is 0 Å². The van der Waals surface area contributed by atoms with Crippen molar-refractivity contribution in [2.45, 2.75) is 32.2 Å². The molecule has 1 heterocycles. The zero-order valence-corrected chi connectivity index (χ0v) is 11.1. The SMILES string of the molecule is COCCOCC(O)CN1C[C@@H](C)O[C@@H](C)C1. The van der Waals surface area contributed by atoms with E-state index in [4.69, 9.17) is 14.2 Å². The van der Waals surface area contributed by atoms with Gasteiger partial charge in [0, 0.05) is 26.7 Å². The largest absolute Gasteiger partial charge is 0.389 e. The van der Waals surface area contributed by atoms with Gasteiger partial charge in [0.05, 0.1) is 38.1 Å². The maximum absolute atomic E-state index is 9.82. The molecular weight excluding hydrogens is 222 g/mol. The highest BCUT2D eigenvalue weighted by Crippen LogP contribution is 2.10. The van der Waals surface area contributed by atoms with Crippen LogP contribution in [0.5, 0.6) is 0 Å². The van der Waals surface area contributed by atoms with Crippen molar-refractivity contribution in [2.75, 3.05) is 46.6 Å². The van der Waals surface area contributed by atoms with Gasteiger partial charge in [0.15, 0.2) is 0 Å². The minimum atomic E-state index is -0.440. The molecule has 0 spiro atoms. The van der Waals surface area contributed by atoms with E-state index in [1.165, 1.54) is 0 Å². The summed E-state index contributed by atoms with van der Waals surface area (Å²) in [6.07, 6.45) is 0.0325. The van der Waals surface area contributed by atoms with Crippen LogP contribution in [0.2, 0.25) is 0 Å². The minimum Gasteiger partial charge on any atom is -0.389 e. The van der Waals surface area contributed by atoms with E-state index in [-0.39, 0.29) is 12.2 Å². The van der Waals surface area contributed by atoms with Crippen molar-refractivity contribution < 1.29 is 19.3 Å². The molecule has 0 radical (unpaired) electrons. The Morgan fingerprint density at radius 2 is 1.94 bits per heavy atom. The number of rotatable bonds is 7. The van der Waals surface area contributed by atoms with Gasteiger partial charge in [0.25, 0.3) is 0 Å². The Morgan fingerprint density at radius 1 is 1.29 bits per heavy atom. The van der Waals surface area contributed by atoms with Gasteiger partial charge < -0.3 is 19.3 Å². The van der Waals surface area contributed by atoms with E-state index in [0.29, 0.717) is 26.4 Å². The van der Waals surface area contributed by atoms with Crippen LogP contribution in [0.4, 0.5) is 0 Å². The number of aliphatic hydroxyl groups is 1. The number of β-amino-alcohol motifs (C(OH)–C–C–N with tert-alkyl or cyclic N) is 1. The highest BCUT2D eigenvalue weighted by molar-refractivity contribution is 4.75. The van der Waals surface area contributed by atoms with Gasteiger partial charge >= 0.3 is 0 Å². The van der Waals surface area contributed by atoms with E-state index in [0.717, 1.165) is 13.1 Å². The van der Waals surface area contributed by atoms with E-state index < -0.39 is 6.10 Å². The number of morpholine rings is 1. The third-order valence-corrected chi connectivity index (χ3v) is 2.71. The van der Waals surface area contributed by atoms with Crippen LogP contribution < -0.4 is 0 Å². The maximum Gasteiger partial charge on any atom is 0.0900 e. The molecule has 5 nitrogen and oxygen atoms in total. The summed E-state index contributed by atoms with van der Waals surface area (Å²) >= 11 is 0. The summed E-state index contributed by atoms with van der Waals surface area (Å²) < 4.78 is 15.8. The topological polar surface area (TPSA) is 51.2 Å². The molecule has 102 valence electrons. The normalized spacial score (nSPS) is 28.2. The summed E-state index contributed by atoms with van der Waals surface area (Å²) in [6.45, 7) is 7.98. The average molecular weight is 247 g/mol. The molecule has 1 unspecified atom stereocenters. The zero-order valence-electron chi connectivity index (χ0n) is 11.1. The molecule has 0 aromatic heterocycles. The Bertz CT molecular complexity index is 193. The predicted octanol–water partition coefficient (Wildman–Crippen LogP) is 0.120. The standard InChI is InChI=1S/C12H25NO4/c1-10-6-13(7-11(2)17-10)8-12(14)9-16-5-4-15-3/h10-12,14H,4-9H2,1-3H3/t10-,11+,12?. The molecule has 0 amide bonds. The molecule has 5 heteroatoms. The van der Waals surface area contributed by atoms with Crippen molar-refractivity contribution >= 4 is 0 Å². The van der Waals surface area contributed by atoms with Gasteiger partial charge in [-0.2, -0.15) is 0 Å². The fraction of sp³-hybridized carbons (Fsp3) is 1.00. The molecule has 0 bridgehead atoms. The van der Waals surface area contributed by atoms with Gasteiger partial charge in [-0.25, -0.2) is 0 Å². The van der Waals surface area contributed by atoms with Crippen LogP contribution in [-0.4, -0.2) is 74.9 Å². The van der Waals surface area contributed by atoms with Crippen LogP contribution in [0.25, 0.3) is 0 Å². The van der Waals surface area contributed by atoms with Crippen molar-refractivity contribution in [1.29, 1.82) is 0 Å². The van der Waals surface area contributed by atoms with Crippen LogP contribution in [0.15, 0.2) is 0 Å². The molecule has 1 aliphatic rings. The van der Waals surface area contributed by atoms with E-state index >= 15 is 0 Å². The van der Waals surface area contributed by atoms with E-state index in [2.05, 4.69) is 18.7 Å². The molecule has 0 aromatic rings. The lowest BCUT2D eigenvalue weighted by atomic mass is 10.2. The third-order valence-electron chi connectivity index (χ3n) is 2.71. The number of methoxy groups -OCH3 is 1. The number of nitrogens with zero attached hydrogens (tertiary/aromatic N) is 1. The van der Waals surface area contributed by atoms with Crippen molar-refractivity contribution in [2.24, 2.45) is 0 Å². The molecule has 0 saturated carbocycles. The van der Waals surface area contributed by atoms with Crippen molar-refractivity contribution in [1.82, 2.24) is 4.90 Å². The van der Waals surface area contributed by atoms with E-state index in [9.17, 15) is 5.11 Å². The summed E-state index contributed by atoms with van der Waals surface area (Å²) in [5, 5.41) is 9.82. The Kier molecular flexibility index (Phi) is 6.99. The van der Waals surface area contributed by atoms with E-state index in [1.807, 2.05) is 0 Å². The lowest BCUT2D eigenvalue weighted by Gasteiger charge is -2.36. The lowest BCUT2D eigenvalue weighted by molar-refractivity contribution is -0.0828. The molecular formula is C12H25NO4. The van der Waals surface area contributed by atoms with Gasteiger partial charge in [-0.05, 0) is 13.8 Å². The number of ether oxygens (including phenoxy) is 3. The van der Waals surface area contributed by atoms with Crippen LogP contribution in [0, 0.1) is 0 Å². The quantitative estimate of drug-likeness (QED) is 0.648. The predicted molar refractivity (Wildman–Crippen MR) is 65.2 cm³/mol. The minimum absolute atomic E-state index is 0.236. The van der Waals surface area contributed by atoms with Gasteiger partial charge in [0.1, 0.15) is 0 Å². The molecule has 0 aliphatic carbocycles. The second-order valence-corrected chi connectivity index (χ2v) is 4.70. The Labute approximate surface area is 104 Å². The van der Waals surface area contributed by atoms with Crippen molar-refractivity contribution in [3.63, 3.8) is 0 Å². The molecule has 1 N–H and O–H groups in total. The molecule has 1 aliphatic heterocycles. The molecule has 1 rings (SSSR count). The fourth-order valence-corrected chi connectivity index (χ4v) is 2.15. The first-order chi connectivity index (χ1) is 8.11. The van der Waals surface area contributed by atoms with Crippen molar-refractivity contribution in [3.05, 3.63) is 0 Å². The Hall–Kier alpha value is -0.200. The lowest BCUT2D eigenvalue weighted by Crippen LogP contribution is -2.48. The smallest absolute Gasteiger partial charge is 0.0900 e. The number of aliphatic hydroxyl groups excluding tert-OH is 1. The molecule has 1 saturated heterocycles. The summed E-state index contributed by atoms with van der Waals surface area (Å²) in [5.74, 6) is 0. The van der Waals surface area contributed by atoms with Crippen LogP contribution >= 0.6 is 0 Å². The summed E-state index contributed by atoms with van der Waals surface area (Å²) in [4.78, 5) is 2.23. The van der Waals surface area contributed by atoms with Crippen molar-refractivity contribution in [3.8, 4) is 0 Å². The molecule has 17 heavy (non-hydrogen) atoms. The highest BCUT2D eigenvalue weighted by atomic mass is 16.5. The van der Waals surface area contributed by atoms with E-state index in [1.54, 1.807) is 7.11 Å². The summed E-state index contributed by atoms with van der Waals surface area (Å²) in [6, 6.07) is 0. The molecule has 3 atom stereocenters. The first kappa shape index (κ1) is 14.9. The van der Waals surface area contributed by atoms with Gasteiger partial charge in [-0.3, -0.25) is 4.90 Å². The monoisotopic (exact) mass is 247 g/mol. The second-order valence-electron chi connectivity index (χ2n) is 4.70. The van der Waals surface area contributed by atoms with Gasteiger partial charge in [-0.1, -0.05) is 0 Å². The first-order valence-electron chi connectivity index (χ1n) is 6.24. The molecule has 1 fully saturated rings. The highest BCUT2D eigenvalue weighted by Gasteiger charge is 2.23. The fourth-order valence-electron chi connectivity index (χ4n) is 2.15. The average Bonchev–Trinajstić information content (AvgIpc) is 2.23.